The van der Waals surface area contributed by atoms with Gasteiger partial charge in [-0.25, -0.2) is 0 Å². The van der Waals surface area contributed by atoms with E-state index >= 15 is 0 Å². The second-order valence-corrected chi connectivity index (χ2v) is 6.96. The van der Waals surface area contributed by atoms with Gasteiger partial charge in [-0.3, -0.25) is 19.7 Å². The molecular formula is C20H22N4O5. The summed E-state index contributed by atoms with van der Waals surface area (Å²) in [6.07, 6.45) is 1.51. The largest absolute Gasteiger partial charge is 0.508 e. The van der Waals surface area contributed by atoms with Crippen molar-refractivity contribution in [2.45, 2.75) is 31.3 Å². The summed E-state index contributed by atoms with van der Waals surface area (Å²) in [6, 6.07) is 10.5. The topological polar surface area (TPSA) is 139 Å². The predicted octanol–water partition coefficient (Wildman–Crippen LogP) is 1.80. The van der Waals surface area contributed by atoms with E-state index in [1.165, 1.54) is 41.3 Å². The summed E-state index contributed by atoms with van der Waals surface area (Å²) in [4.78, 5) is 37.2. The lowest BCUT2D eigenvalue weighted by Gasteiger charge is -2.26. The van der Waals surface area contributed by atoms with Crippen molar-refractivity contribution in [2.75, 3.05) is 11.9 Å². The molecule has 0 bridgehead atoms. The highest BCUT2D eigenvalue weighted by Crippen LogP contribution is 2.22. The summed E-state index contributed by atoms with van der Waals surface area (Å²) in [5, 5.41) is 22.8. The molecule has 0 aromatic heterocycles. The van der Waals surface area contributed by atoms with Crippen LogP contribution in [0.3, 0.4) is 0 Å². The minimum atomic E-state index is -0.799. The number of carbonyl (C=O) groups is 2. The molecular weight excluding hydrogens is 376 g/mol. The lowest BCUT2D eigenvalue weighted by atomic mass is 10.0. The molecule has 0 radical (unpaired) electrons. The molecule has 3 rings (SSSR count). The van der Waals surface area contributed by atoms with Crippen molar-refractivity contribution in [3.05, 3.63) is 64.2 Å². The molecule has 1 aliphatic heterocycles. The van der Waals surface area contributed by atoms with Gasteiger partial charge in [0.2, 0.25) is 11.8 Å². The fourth-order valence-corrected chi connectivity index (χ4v) is 3.38. The summed E-state index contributed by atoms with van der Waals surface area (Å²) >= 11 is 0. The number of carbonyl (C=O) groups excluding carboxylic acids is 2. The van der Waals surface area contributed by atoms with Gasteiger partial charge < -0.3 is 21.1 Å². The third kappa shape index (κ3) is 4.88. The van der Waals surface area contributed by atoms with Crippen molar-refractivity contribution in [2.24, 2.45) is 5.73 Å². The van der Waals surface area contributed by atoms with Crippen LogP contribution in [-0.4, -0.2) is 45.4 Å². The zero-order chi connectivity index (χ0) is 21.0. The maximum absolute atomic E-state index is 12.8. The van der Waals surface area contributed by atoms with E-state index in [2.05, 4.69) is 5.32 Å². The monoisotopic (exact) mass is 398 g/mol. The number of non-ortho nitro benzene ring substituents is 1. The molecule has 0 aliphatic carbocycles. The van der Waals surface area contributed by atoms with Crippen molar-refractivity contribution in [3.63, 3.8) is 0 Å². The summed E-state index contributed by atoms with van der Waals surface area (Å²) in [5.41, 5.74) is 7.25. The lowest BCUT2D eigenvalue weighted by molar-refractivity contribution is -0.384. The highest BCUT2D eigenvalue weighted by molar-refractivity contribution is 5.98. The first-order valence-electron chi connectivity index (χ1n) is 9.24. The number of nitrogens with one attached hydrogen (secondary N) is 1. The highest BCUT2D eigenvalue weighted by atomic mass is 16.6. The van der Waals surface area contributed by atoms with Gasteiger partial charge in [-0.05, 0) is 49.1 Å². The number of phenols is 1. The van der Waals surface area contributed by atoms with Crippen LogP contribution in [0.15, 0.2) is 48.5 Å². The lowest BCUT2D eigenvalue weighted by Crippen LogP contribution is -2.50. The summed E-state index contributed by atoms with van der Waals surface area (Å²) in [5.74, 6) is -0.517. The number of aromatic hydroxyl groups is 1. The standard InChI is InChI=1S/C20H22N4O5/c21-17(12-13-3-9-16(25)10-4-13)20(27)23-11-1-2-18(23)19(26)22-14-5-7-15(8-6-14)24(28)29/h3-10,17-18,25H,1-2,11-12,21H2,(H,22,26)/t17-,18-/m0/s1. The van der Waals surface area contributed by atoms with Crippen molar-refractivity contribution in [3.8, 4) is 5.75 Å². The first-order valence-corrected chi connectivity index (χ1v) is 9.24. The van der Waals surface area contributed by atoms with Crippen LogP contribution in [0.1, 0.15) is 18.4 Å². The first-order chi connectivity index (χ1) is 13.8. The van der Waals surface area contributed by atoms with E-state index in [1.54, 1.807) is 12.1 Å². The third-order valence-corrected chi connectivity index (χ3v) is 4.89. The molecule has 9 heteroatoms. The minimum Gasteiger partial charge on any atom is -0.508 e. The minimum absolute atomic E-state index is 0.0686. The Morgan fingerprint density at radius 3 is 2.48 bits per heavy atom. The summed E-state index contributed by atoms with van der Waals surface area (Å²) < 4.78 is 0. The number of nitrogens with zero attached hydrogens (tertiary/aromatic N) is 2. The summed E-state index contributed by atoms with van der Waals surface area (Å²) in [7, 11) is 0. The number of phenolic OH excluding ortho intramolecular Hbond substituents is 1. The van der Waals surface area contributed by atoms with Gasteiger partial charge in [0.1, 0.15) is 11.8 Å². The Hall–Kier alpha value is -3.46. The number of nitro groups is 1. The average molecular weight is 398 g/mol. The van der Waals surface area contributed by atoms with Crippen LogP contribution in [-0.2, 0) is 16.0 Å². The number of hydrogen-bond acceptors (Lipinski definition) is 6. The zero-order valence-corrected chi connectivity index (χ0v) is 15.7. The van der Waals surface area contributed by atoms with Crippen LogP contribution in [0, 0.1) is 10.1 Å². The molecule has 4 N–H and O–H groups in total. The fraction of sp³-hybridized carbons (Fsp3) is 0.300. The molecule has 1 heterocycles. The van der Waals surface area contributed by atoms with Gasteiger partial charge in [0.25, 0.3) is 5.69 Å². The average Bonchev–Trinajstić information content (AvgIpc) is 3.19. The molecule has 2 amide bonds. The van der Waals surface area contributed by atoms with E-state index in [9.17, 15) is 24.8 Å². The second-order valence-electron chi connectivity index (χ2n) is 6.96. The Labute approximate surface area is 167 Å². The van der Waals surface area contributed by atoms with Crippen LogP contribution >= 0.6 is 0 Å². The SMILES string of the molecule is N[C@@H](Cc1ccc(O)cc1)C(=O)N1CCC[C@H]1C(=O)Nc1ccc([N+](=O)[O-])cc1. The molecule has 0 unspecified atom stereocenters. The third-order valence-electron chi connectivity index (χ3n) is 4.89. The molecule has 152 valence electrons. The van der Waals surface area contributed by atoms with Crippen LogP contribution in [0.25, 0.3) is 0 Å². The highest BCUT2D eigenvalue weighted by Gasteiger charge is 2.36. The number of amides is 2. The van der Waals surface area contributed by atoms with Crippen molar-refractivity contribution in [1.82, 2.24) is 4.90 Å². The number of hydrogen-bond donors (Lipinski definition) is 3. The van der Waals surface area contributed by atoms with E-state index in [0.717, 1.165) is 5.56 Å². The van der Waals surface area contributed by atoms with Crippen LogP contribution < -0.4 is 11.1 Å². The Bertz CT molecular complexity index is 898. The number of nitro benzene ring substituents is 1. The molecule has 9 nitrogen and oxygen atoms in total. The van der Waals surface area contributed by atoms with Gasteiger partial charge >= 0.3 is 0 Å². The maximum atomic E-state index is 12.8. The number of likely N-dealkylation sites (tertiary alicyclic amines) is 1. The van der Waals surface area contributed by atoms with E-state index in [0.29, 0.717) is 31.5 Å². The second kappa shape index (κ2) is 8.70. The Balaban J connectivity index is 1.63. The molecule has 2 aromatic rings. The van der Waals surface area contributed by atoms with Crippen LogP contribution in [0.4, 0.5) is 11.4 Å². The fourth-order valence-electron chi connectivity index (χ4n) is 3.38. The van der Waals surface area contributed by atoms with Gasteiger partial charge in [-0.1, -0.05) is 12.1 Å². The van der Waals surface area contributed by atoms with Gasteiger partial charge in [0, 0.05) is 24.4 Å². The van der Waals surface area contributed by atoms with Crippen molar-refractivity contribution in [1.29, 1.82) is 0 Å². The number of rotatable bonds is 6. The Morgan fingerprint density at radius 2 is 1.86 bits per heavy atom. The van der Waals surface area contributed by atoms with Gasteiger partial charge in [-0.2, -0.15) is 0 Å². The van der Waals surface area contributed by atoms with Crippen molar-refractivity contribution < 1.29 is 19.6 Å². The zero-order valence-electron chi connectivity index (χ0n) is 15.7. The smallest absolute Gasteiger partial charge is 0.269 e. The molecule has 1 saturated heterocycles. The molecule has 2 atom stereocenters. The van der Waals surface area contributed by atoms with Crippen molar-refractivity contribution >= 4 is 23.2 Å². The van der Waals surface area contributed by atoms with Gasteiger partial charge in [0.05, 0.1) is 11.0 Å². The van der Waals surface area contributed by atoms with Gasteiger partial charge in [0.15, 0.2) is 0 Å². The molecule has 29 heavy (non-hydrogen) atoms. The molecule has 0 saturated carbocycles. The van der Waals surface area contributed by atoms with E-state index < -0.39 is 17.0 Å². The number of anilines is 1. The molecule has 0 spiro atoms. The maximum Gasteiger partial charge on any atom is 0.269 e. The van der Waals surface area contributed by atoms with E-state index in [1.807, 2.05) is 0 Å². The normalized spacial score (nSPS) is 17.0. The molecule has 1 aliphatic rings. The van der Waals surface area contributed by atoms with Gasteiger partial charge in [-0.15, -0.1) is 0 Å². The Morgan fingerprint density at radius 1 is 1.21 bits per heavy atom. The molecule has 2 aromatic carbocycles. The number of nitrogens with two attached hydrogens (primary N) is 1. The Kier molecular flexibility index (Phi) is 6.08. The quantitative estimate of drug-likeness (QED) is 0.501. The van der Waals surface area contributed by atoms with E-state index in [-0.39, 0.29) is 23.3 Å². The predicted molar refractivity (Wildman–Crippen MR) is 106 cm³/mol. The number of benzene rings is 2. The van der Waals surface area contributed by atoms with Crippen LogP contribution in [0.5, 0.6) is 5.75 Å². The van der Waals surface area contributed by atoms with Crippen LogP contribution in [0.2, 0.25) is 0 Å². The first kappa shape index (κ1) is 20.3. The molecule has 1 fully saturated rings. The summed E-state index contributed by atoms with van der Waals surface area (Å²) in [6.45, 7) is 0.445. The van der Waals surface area contributed by atoms with E-state index in [4.69, 9.17) is 5.73 Å².